The van der Waals surface area contributed by atoms with E-state index >= 15 is 0 Å². The Balaban J connectivity index is 3.07. The van der Waals surface area contributed by atoms with Crippen LogP contribution < -0.4 is 16.2 Å². The van der Waals surface area contributed by atoms with Crippen LogP contribution in [0.15, 0.2) is 6.07 Å². The Morgan fingerprint density at radius 3 is 2.45 bits per heavy atom. The highest BCUT2D eigenvalue weighted by Crippen LogP contribution is 2.22. The molecule has 0 bridgehead atoms. The van der Waals surface area contributed by atoms with Crippen LogP contribution in [0, 0.1) is 0 Å². The fourth-order valence-electron chi connectivity index (χ4n) is 1.82. The average molecular weight is 291 g/mol. The van der Waals surface area contributed by atoms with Gasteiger partial charge in [-0.3, -0.25) is 0 Å². The number of aromatic nitrogens is 2. The van der Waals surface area contributed by atoms with Crippen molar-refractivity contribution in [2.45, 2.75) is 39.3 Å². The highest BCUT2D eigenvalue weighted by Gasteiger charge is 2.31. The summed E-state index contributed by atoms with van der Waals surface area (Å²) in [4.78, 5) is 9.52. The zero-order chi connectivity index (χ0) is 15.2. The van der Waals surface area contributed by atoms with Gasteiger partial charge in [0.15, 0.2) is 0 Å². The predicted octanol–water partition coefficient (Wildman–Crippen LogP) is 2.49. The number of hydrogen-bond donors (Lipinski definition) is 2. The minimum absolute atomic E-state index is 0.246. The lowest BCUT2D eigenvalue weighted by atomic mass is 10.3. The zero-order valence-electron chi connectivity index (χ0n) is 11.7. The van der Waals surface area contributed by atoms with E-state index in [-0.39, 0.29) is 12.4 Å². The van der Waals surface area contributed by atoms with Crippen molar-refractivity contribution in [3.63, 3.8) is 0 Å². The lowest BCUT2D eigenvalue weighted by Crippen LogP contribution is -2.35. The smallest absolute Gasteiger partial charge is 0.347 e. The molecular formula is C12H20F3N5. The van der Waals surface area contributed by atoms with E-state index in [0.717, 1.165) is 6.42 Å². The van der Waals surface area contributed by atoms with Crippen LogP contribution in [0.3, 0.4) is 0 Å². The number of nitrogens with zero attached hydrogens (tertiary/aromatic N) is 3. The fraction of sp³-hybridized carbons (Fsp3) is 0.667. The second kappa shape index (κ2) is 7.28. The molecule has 0 spiro atoms. The lowest BCUT2D eigenvalue weighted by Gasteiger charge is -2.25. The third kappa shape index (κ3) is 5.20. The monoisotopic (exact) mass is 291 g/mol. The van der Waals surface area contributed by atoms with Crippen molar-refractivity contribution in [3.05, 3.63) is 11.9 Å². The first-order valence-corrected chi connectivity index (χ1v) is 6.55. The largest absolute Gasteiger partial charge is 0.405 e. The molecule has 0 aliphatic rings. The summed E-state index contributed by atoms with van der Waals surface area (Å²) in [6, 6.07) is 1.43. The molecule has 1 aromatic rings. The number of nitrogens with one attached hydrogen (secondary N) is 1. The van der Waals surface area contributed by atoms with Gasteiger partial charge in [0.2, 0.25) is 0 Å². The zero-order valence-corrected chi connectivity index (χ0v) is 11.7. The number of hydrogen-bond acceptors (Lipinski definition) is 5. The summed E-state index contributed by atoms with van der Waals surface area (Å²) >= 11 is 0. The molecule has 114 valence electrons. The van der Waals surface area contributed by atoms with Crippen LogP contribution in [0.2, 0.25) is 0 Å². The molecule has 1 aromatic heterocycles. The van der Waals surface area contributed by atoms with Gasteiger partial charge in [-0.05, 0) is 12.8 Å². The van der Waals surface area contributed by atoms with Gasteiger partial charge in [-0.25, -0.2) is 15.8 Å². The first-order chi connectivity index (χ1) is 9.39. The van der Waals surface area contributed by atoms with Crippen molar-refractivity contribution >= 4 is 11.6 Å². The molecule has 0 fully saturated rings. The van der Waals surface area contributed by atoms with E-state index in [0.29, 0.717) is 24.5 Å². The topological polar surface area (TPSA) is 67.1 Å². The highest BCUT2D eigenvalue weighted by molar-refractivity contribution is 5.49. The quantitative estimate of drug-likeness (QED) is 0.597. The summed E-state index contributed by atoms with van der Waals surface area (Å²) in [6.07, 6.45) is -2.29. The van der Waals surface area contributed by atoms with Crippen LogP contribution in [-0.2, 0) is 6.42 Å². The second-order valence-corrected chi connectivity index (χ2v) is 4.46. The van der Waals surface area contributed by atoms with Gasteiger partial charge in [-0.1, -0.05) is 13.8 Å². The van der Waals surface area contributed by atoms with Crippen molar-refractivity contribution in [1.29, 1.82) is 0 Å². The van der Waals surface area contributed by atoms with Gasteiger partial charge in [0.25, 0.3) is 0 Å². The fourth-order valence-corrected chi connectivity index (χ4v) is 1.82. The number of anilines is 2. The van der Waals surface area contributed by atoms with Crippen molar-refractivity contribution in [2.24, 2.45) is 5.84 Å². The minimum atomic E-state index is -4.28. The molecule has 1 rings (SSSR count). The van der Waals surface area contributed by atoms with Gasteiger partial charge in [-0.2, -0.15) is 13.2 Å². The Morgan fingerprint density at radius 1 is 1.25 bits per heavy atom. The van der Waals surface area contributed by atoms with Crippen molar-refractivity contribution in [2.75, 3.05) is 23.4 Å². The van der Waals surface area contributed by atoms with Gasteiger partial charge in [0, 0.05) is 19.0 Å². The Bertz CT molecular complexity index is 422. The summed E-state index contributed by atoms with van der Waals surface area (Å²) in [5, 5.41) is 0. The van der Waals surface area contributed by atoms with Crippen molar-refractivity contribution in [3.8, 4) is 0 Å². The van der Waals surface area contributed by atoms with Crippen LogP contribution in [0.4, 0.5) is 24.8 Å². The first-order valence-electron chi connectivity index (χ1n) is 6.55. The molecule has 5 nitrogen and oxygen atoms in total. The Kier molecular flexibility index (Phi) is 6.00. The SMILES string of the molecule is CCCc1nc(NN)cc(N(CCC)CC(F)(F)F)n1. The minimum Gasteiger partial charge on any atom is -0.347 e. The summed E-state index contributed by atoms with van der Waals surface area (Å²) in [7, 11) is 0. The molecule has 0 aliphatic carbocycles. The van der Waals surface area contributed by atoms with Gasteiger partial charge in [0.05, 0.1) is 0 Å². The van der Waals surface area contributed by atoms with E-state index in [1.165, 1.54) is 11.0 Å². The van der Waals surface area contributed by atoms with E-state index in [9.17, 15) is 13.2 Å². The summed E-state index contributed by atoms with van der Waals surface area (Å²) in [5.41, 5.74) is 2.37. The standard InChI is InChI=1S/C12H20F3N5/c1-3-5-9-17-10(19-16)7-11(18-9)20(6-4-2)8-12(13,14)15/h7H,3-6,8,16H2,1-2H3,(H,17,18,19). The summed E-state index contributed by atoms with van der Waals surface area (Å²) < 4.78 is 37.9. The molecule has 8 heteroatoms. The number of nitrogen functional groups attached to an aromatic ring is 1. The molecule has 0 saturated carbocycles. The van der Waals surface area contributed by atoms with Crippen LogP contribution in [0.5, 0.6) is 0 Å². The second-order valence-electron chi connectivity index (χ2n) is 4.46. The molecule has 0 aliphatic heterocycles. The van der Waals surface area contributed by atoms with E-state index in [1.54, 1.807) is 0 Å². The van der Waals surface area contributed by atoms with E-state index in [1.807, 2.05) is 13.8 Å². The van der Waals surface area contributed by atoms with Crippen LogP contribution >= 0.6 is 0 Å². The van der Waals surface area contributed by atoms with Crippen LogP contribution in [-0.4, -0.2) is 29.2 Å². The summed E-state index contributed by atoms with van der Waals surface area (Å²) in [5.74, 6) is 6.36. The molecule has 0 aromatic carbocycles. The molecule has 0 radical (unpaired) electrons. The van der Waals surface area contributed by atoms with E-state index < -0.39 is 12.7 Å². The number of rotatable bonds is 7. The number of alkyl halides is 3. The molecule has 0 atom stereocenters. The number of halogens is 3. The molecule has 20 heavy (non-hydrogen) atoms. The molecular weight excluding hydrogens is 271 g/mol. The Hall–Kier alpha value is -1.57. The Morgan fingerprint density at radius 2 is 1.95 bits per heavy atom. The van der Waals surface area contributed by atoms with Crippen molar-refractivity contribution in [1.82, 2.24) is 9.97 Å². The third-order valence-corrected chi connectivity index (χ3v) is 2.57. The van der Waals surface area contributed by atoms with Gasteiger partial charge >= 0.3 is 6.18 Å². The van der Waals surface area contributed by atoms with Gasteiger partial charge < -0.3 is 10.3 Å². The maximum absolute atomic E-state index is 12.6. The highest BCUT2D eigenvalue weighted by atomic mass is 19.4. The summed E-state index contributed by atoms with van der Waals surface area (Å²) in [6.45, 7) is 3.00. The van der Waals surface area contributed by atoms with Crippen LogP contribution in [0.1, 0.15) is 32.5 Å². The first kappa shape index (κ1) is 16.5. The number of nitrogens with two attached hydrogens (primary N) is 1. The van der Waals surface area contributed by atoms with Crippen LogP contribution in [0.25, 0.3) is 0 Å². The maximum atomic E-state index is 12.6. The van der Waals surface area contributed by atoms with E-state index in [4.69, 9.17) is 5.84 Å². The molecule has 0 saturated heterocycles. The van der Waals surface area contributed by atoms with Gasteiger partial charge in [0.1, 0.15) is 24.0 Å². The van der Waals surface area contributed by atoms with Crippen molar-refractivity contribution < 1.29 is 13.2 Å². The molecule has 0 amide bonds. The molecule has 0 unspecified atom stereocenters. The average Bonchev–Trinajstić information content (AvgIpc) is 2.36. The van der Waals surface area contributed by atoms with E-state index in [2.05, 4.69) is 15.4 Å². The normalized spacial score (nSPS) is 11.5. The molecule has 3 N–H and O–H groups in total. The number of aryl methyl sites for hydroxylation is 1. The molecule has 1 heterocycles. The number of hydrazine groups is 1. The van der Waals surface area contributed by atoms with Gasteiger partial charge in [-0.15, -0.1) is 0 Å². The Labute approximate surface area is 116 Å². The third-order valence-electron chi connectivity index (χ3n) is 2.57. The predicted molar refractivity (Wildman–Crippen MR) is 72.4 cm³/mol. The lowest BCUT2D eigenvalue weighted by molar-refractivity contribution is -0.119. The maximum Gasteiger partial charge on any atom is 0.405 e.